The lowest BCUT2D eigenvalue weighted by Crippen LogP contribution is -1.87. The van der Waals surface area contributed by atoms with Gasteiger partial charge in [-0.2, -0.15) is 4.98 Å². The summed E-state index contributed by atoms with van der Waals surface area (Å²) in [6.07, 6.45) is 10.4. The average Bonchev–Trinajstić information content (AvgIpc) is 1.80. The van der Waals surface area contributed by atoms with Crippen LogP contribution in [0.25, 0.3) is 94.7 Å². The van der Waals surface area contributed by atoms with E-state index in [9.17, 15) is 0 Å². The molecule has 0 aliphatic carbocycles. The summed E-state index contributed by atoms with van der Waals surface area (Å²) in [6.45, 7) is 20.5. The van der Waals surface area contributed by atoms with Gasteiger partial charge >= 0.3 is 0 Å². The summed E-state index contributed by atoms with van der Waals surface area (Å²) in [5.41, 5.74) is 11.6. The Bertz CT molecular complexity index is 5660. The largest absolute Gasteiger partial charge is 0.497 e. The van der Waals surface area contributed by atoms with Crippen LogP contribution in [-0.2, 0) is 0 Å². The molecule has 19 rings (SSSR count). The van der Waals surface area contributed by atoms with Gasteiger partial charge in [0.15, 0.2) is 5.06 Å². The Morgan fingerprint density at radius 3 is 1.47 bits per heavy atom. The second-order valence-electron chi connectivity index (χ2n) is 25.7. The molecular formula is C90H94Cl2N10O8S6. The Balaban J connectivity index is 0.000000147. The molecule has 0 amide bonds. The Morgan fingerprint density at radius 2 is 0.853 bits per heavy atom. The molecule has 18 nitrogen and oxygen atoms in total. The van der Waals surface area contributed by atoms with Crippen molar-refractivity contribution in [2.75, 3.05) is 56.9 Å². The van der Waals surface area contributed by atoms with Gasteiger partial charge < -0.3 is 52.8 Å². The number of nitrogens with zero attached hydrogens (tertiary/aromatic N) is 7. The van der Waals surface area contributed by atoms with Crippen molar-refractivity contribution in [3.63, 3.8) is 0 Å². The van der Waals surface area contributed by atoms with Crippen LogP contribution in [0, 0.1) is 69.2 Å². The van der Waals surface area contributed by atoms with Crippen LogP contribution in [0.4, 0.5) is 0 Å². The quantitative estimate of drug-likeness (QED) is 0.129. The van der Waals surface area contributed by atoms with Crippen molar-refractivity contribution in [3.8, 4) is 45.6 Å². The first-order chi connectivity index (χ1) is 55.4. The molecule has 0 bridgehead atoms. The minimum atomic E-state index is 0. The number of aryl methyl sites for hydroxylation is 10. The fourth-order valence-corrected chi connectivity index (χ4v) is 16.7. The second kappa shape index (κ2) is 43.1. The van der Waals surface area contributed by atoms with Crippen molar-refractivity contribution in [2.24, 2.45) is 0 Å². The topological polar surface area (TPSA) is 211 Å². The molecule has 15 aromatic heterocycles. The molecule has 0 unspecified atom stereocenters. The number of methoxy groups -OCH3 is 8. The van der Waals surface area contributed by atoms with E-state index in [1.165, 1.54) is 80.9 Å². The predicted molar refractivity (Wildman–Crippen MR) is 493 cm³/mol. The zero-order valence-corrected chi connectivity index (χ0v) is 73.6. The van der Waals surface area contributed by atoms with Gasteiger partial charge in [-0.1, -0.05) is 60.5 Å². The highest BCUT2D eigenvalue weighted by Gasteiger charge is 2.08. The molecule has 0 fully saturated rings. The molecule has 602 valence electrons. The number of fused-ring (bicyclic) bond motifs is 9. The van der Waals surface area contributed by atoms with E-state index in [1.54, 1.807) is 151 Å². The van der Waals surface area contributed by atoms with Crippen LogP contribution in [0.1, 0.15) is 59.3 Å². The number of pyridine rings is 5. The highest BCUT2D eigenvalue weighted by molar-refractivity contribution is 7.20. The average molecular weight is 1710 g/mol. The lowest BCUT2D eigenvalue weighted by atomic mass is 10.1. The summed E-state index contributed by atoms with van der Waals surface area (Å²) in [6, 6.07) is 55.1. The molecular weight excluding hydrogens is 1610 g/mol. The maximum Gasteiger partial charge on any atom is 0.233 e. The molecule has 0 radical (unpaired) electrons. The summed E-state index contributed by atoms with van der Waals surface area (Å²) >= 11 is 22.0. The number of aromatic amines is 3. The molecule has 0 aliphatic rings. The van der Waals surface area contributed by atoms with Crippen molar-refractivity contribution >= 4 is 186 Å². The third-order valence-electron chi connectivity index (χ3n) is 16.8. The van der Waals surface area contributed by atoms with Gasteiger partial charge in [0.2, 0.25) is 11.8 Å². The van der Waals surface area contributed by atoms with Gasteiger partial charge in [0.25, 0.3) is 0 Å². The van der Waals surface area contributed by atoms with Crippen LogP contribution in [0.15, 0.2) is 201 Å². The van der Waals surface area contributed by atoms with Crippen LogP contribution in [0.3, 0.4) is 0 Å². The van der Waals surface area contributed by atoms with Crippen LogP contribution in [0.2, 0.25) is 10.0 Å². The second-order valence-corrected chi connectivity index (χ2v) is 34.2. The summed E-state index contributed by atoms with van der Waals surface area (Å²) in [5.74, 6) is 5.65. The summed E-state index contributed by atoms with van der Waals surface area (Å²) in [4.78, 5) is 47.6. The van der Waals surface area contributed by atoms with Gasteiger partial charge in [0, 0.05) is 110 Å². The van der Waals surface area contributed by atoms with Crippen molar-refractivity contribution in [1.29, 1.82) is 0 Å². The first-order valence-corrected chi connectivity index (χ1v) is 41.6. The number of thiophene rings is 6. The van der Waals surface area contributed by atoms with E-state index in [2.05, 4.69) is 164 Å². The van der Waals surface area contributed by atoms with E-state index in [-0.39, 0.29) is 7.43 Å². The summed E-state index contributed by atoms with van der Waals surface area (Å²) < 4.78 is 45.4. The zero-order chi connectivity index (χ0) is 82.2. The zero-order valence-electron chi connectivity index (χ0n) is 67.2. The smallest absolute Gasteiger partial charge is 0.233 e. The van der Waals surface area contributed by atoms with E-state index >= 15 is 0 Å². The molecule has 116 heavy (non-hydrogen) atoms. The number of H-pyrrole nitrogens is 3. The monoisotopic (exact) mass is 1700 g/mol. The molecule has 0 spiro atoms. The number of nitrogens with one attached hydrogen (secondary N) is 3. The SMILES string of the molecule is C.COc1ccc(C)s1.COc1ccc2[nH]c(C)cc2c1.COc1ccc2cc(C)ccc2c1.COc1ccc2sc(C)cc2c1.COc1ccc2sc(C)cc2n1.COc1cnc2cc(C)sc2c1.COc1cnc2cc(C)sc2c1.COc1cnc2cc(C)sc2n1.Cc1cc2[nH]cc(Cl)c2cn1.Cc1ccc2c(Cl)c[nH]c2n1. The number of halogens is 2. The highest BCUT2D eigenvalue weighted by atomic mass is 35.5. The molecule has 15 heterocycles. The molecule has 4 aromatic carbocycles. The number of ether oxygens (including phenoxy) is 8. The highest BCUT2D eigenvalue weighted by Crippen LogP contribution is 2.33. The van der Waals surface area contributed by atoms with E-state index in [0.717, 1.165) is 110 Å². The number of hydrogen-bond acceptors (Lipinski definition) is 21. The van der Waals surface area contributed by atoms with Crippen LogP contribution < -0.4 is 37.9 Å². The molecule has 26 heteroatoms. The van der Waals surface area contributed by atoms with Crippen LogP contribution in [-0.4, -0.2) is 107 Å². The molecule has 0 saturated carbocycles. The summed E-state index contributed by atoms with van der Waals surface area (Å²) in [5, 5.41) is 9.38. The molecule has 3 N–H and O–H groups in total. The van der Waals surface area contributed by atoms with E-state index in [1.807, 2.05) is 130 Å². The number of aromatic nitrogens is 10. The fraction of sp³-hybridized carbons (Fsp3) is 0.211. The third-order valence-corrected chi connectivity index (χ3v) is 23.4. The maximum atomic E-state index is 5.85. The first kappa shape index (κ1) is 89.0. The van der Waals surface area contributed by atoms with Crippen LogP contribution in [0.5, 0.6) is 45.6 Å². The van der Waals surface area contributed by atoms with E-state index in [0.29, 0.717) is 11.8 Å². The van der Waals surface area contributed by atoms with E-state index in [4.69, 9.17) is 61.1 Å². The van der Waals surface area contributed by atoms with Crippen LogP contribution >= 0.6 is 91.2 Å². The van der Waals surface area contributed by atoms with Crippen molar-refractivity contribution in [1.82, 2.24) is 49.8 Å². The van der Waals surface area contributed by atoms with E-state index < -0.39 is 0 Å². The normalized spacial score (nSPS) is 10.3. The summed E-state index contributed by atoms with van der Waals surface area (Å²) in [7, 11) is 13.3. The third kappa shape index (κ3) is 25.3. The van der Waals surface area contributed by atoms with Crippen molar-refractivity contribution < 1.29 is 37.9 Å². The Labute approximate surface area is 710 Å². The first-order valence-electron chi connectivity index (χ1n) is 35.9. The van der Waals surface area contributed by atoms with Gasteiger partial charge in [-0.25, -0.2) is 15.0 Å². The lowest BCUT2D eigenvalue weighted by molar-refractivity contribution is 0.398. The van der Waals surface area contributed by atoms with Gasteiger partial charge in [-0.05, 0) is 207 Å². The molecule has 0 aliphatic heterocycles. The minimum Gasteiger partial charge on any atom is -0.497 e. The maximum absolute atomic E-state index is 5.85. The Hall–Kier alpha value is -10.9. The predicted octanol–water partition coefficient (Wildman–Crippen LogP) is 26.5. The number of hydrogen-bond donors (Lipinski definition) is 3. The standard InChI is InChI=1S/C12H12O.C10H11NO.C10H10OS.3C9H9NOS.2C8H7ClN2.C8H8N2OS.C6H8OS.CH4/c1-9-3-4-11-8-12(13-2)6-5-10(11)7-9;1-7-5-8-6-9(12-2)3-4-10(8)11-7;1-7-5-8-6-9(11-2)3-4-10(8)12-7;2*1-6-3-8-9(12-6)4-7(11-2)5-10-8;1-6-5-7-8(12-6)3-4-9(10-7)11-2;1-5-2-8-6(3-10-5)7(9)4-11-8;1-5-2-3-6-7(9)4-10-8(6)11-5;1-5-3-6-8(12-5)10-7(11-2)4-9-6;1-5-3-4-6(7-2)8-5;/h3-8H,1-2H3;3-6,11H,1-2H3;3-6H,1-2H3;3*3-5H,1-2H3;2-4,11H,1H3;2-4H,1H3,(H,10,11);3-4H,1-2H3;3-4H,1-2H3;1H4. The fourth-order valence-electron chi connectivity index (χ4n) is 11.2. The van der Waals surface area contributed by atoms with Gasteiger partial charge in [-0.3, -0.25) is 15.0 Å². The molecule has 0 atom stereocenters. The Morgan fingerprint density at radius 1 is 0.319 bits per heavy atom. The molecule has 19 aromatic rings. The minimum absolute atomic E-state index is 0. The number of benzene rings is 4. The van der Waals surface area contributed by atoms with Gasteiger partial charge in [0.05, 0.1) is 122 Å². The number of rotatable bonds is 8. The van der Waals surface area contributed by atoms with Crippen molar-refractivity contribution in [3.05, 3.63) is 263 Å². The van der Waals surface area contributed by atoms with Crippen molar-refractivity contribution in [2.45, 2.75) is 76.7 Å². The van der Waals surface area contributed by atoms with Gasteiger partial charge in [-0.15, -0.1) is 68.0 Å². The van der Waals surface area contributed by atoms with Gasteiger partial charge in [0.1, 0.15) is 44.7 Å². The lowest BCUT2D eigenvalue weighted by Gasteiger charge is -2.02. The Kier molecular flexibility index (Phi) is 33.1. The molecule has 0 saturated heterocycles.